The van der Waals surface area contributed by atoms with Gasteiger partial charge in [0.05, 0.1) is 5.92 Å². The van der Waals surface area contributed by atoms with Gasteiger partial charge in [0.25, 0.3) is 0 Å². The molecule has 0 aliphatic carbocycles. The number of rotatable bonds is 25. The molecule has 0 radical (unpaired) electrons. The van der Waals surface area contributed by atoms with E-state index in [1.165, 1.54) is 21.1 Å². The van der Waals surface area contributed by atoms with Gasteiger partial charge in [0.1, 0.15) is 38.0 Å². The fourth-order valence-corrected chi connectivity index (χ4v) is 12.4. The van der Waals surface area contributed by atoms with Crippen molar-refractivity contribution in [1.82, 2.24) is 0 Å². The van der Waals surface area contributed by atoms with E-state index in [2.05, 4.69) is 20.8 Å². The van der Waals surface area contributed by atoms with Gasteiger partial charge >= 0.3 is 5.97 Å². The van der Waals surface area contributed by atoms with Gasteiger partial charge in [-0.1, -0.05) is 91.0 Å². The van der Waals surface area contributed by atoms with Gasteiger partial charge in [0.2, 0.25) is 5.60 Å². The van der Waals surface area contributed by atoms with Crippen LogP contribution in [0.5, 0.6) is 0 Å². The summed E-state index contributed by atoms with van der Waals surface area (Å²) in [4.78, 5) is 44.3. The summed E-state index contributed by atoms with van der Waals surface area (Å²) in [7, 11) is -2.26. The number of methoxy groups -OCH3 is 2. The average molecular weight is 723 g/mol. The molecule has 10 nitrogen and oxygen atoms in total. The molecule has 49 heavy (non-hydrogen) atoms. The summed E-state index contributed by atoms with van der Waals surface area (Å²) < 4.78 is 42.6. The Balaban J connectivity index is 2.83. The Bertz CT molecular complexity index is 1170. The van der Waals surface area contributed by atoms with Crippen molar-refractivity contribution in [3.63, 3.8) is 0 Å². The predicted octanol–water partition coefficient (Wildman–Crippen LogP) is 7.02. The molecule has 1 aliphatic heterocycles. The van der Waals surface area contributed by atoms with Crippen LogP contribution in [0.2, 0.25) is 36.3 Å². The molecule has 1 fully saturated rings. The first kappa shape index (κ1) is 43.1. The highest BCUT2D eigenvalue weighted by atomic mass is 28.4. The van der Waals surface area contributed by atoms with E-state index in [-0.39, 0.29) is 13.6 Å². The van der Waals surface area contributed by atoms with Crippen LogP contribution >= 0.6 is 0 Å². The topological polar surface area (TPSA) is 116 Å². The minimum atomic E-state index is -2.72. The normalized spacial score (nSPS) is 21.9. The third kappa shape index (κ3) is 10.3. The zero-order valence-electron chi connectivity index (χ0n) is 31.6. The first-order valence-electron chi connectivity index (χ1n) is 18.1. The molecule has 2 rings (SSSR count). The first-order valence-corrected chi connectivity index (χ1v) is 23.1. The van der Waals surface area contributed by atoms with Crippen molar-refractivity contribution < 1.29 is 46.9 Å². The van der Waals surface area contributed by atoms with Gasteiger partial charge < -0.3 is 32.5 Å². The highest BCUT2D eigenvalue weighted by Gasteiger charge is 2.68. The monoisotopic (exact) mass is 722 g/mol. The molecule has 1 aliphatic rings. The van der Waals surface area contributed by atoms with Crippen LogP contribution in [0, 0.1) is 5.92 Å². The van der Waals surface area contributed by atoms with Crippen molar-refractivity contribution in [3.8, 4) is 0 Å². The molecule has 6 atom stereocenters. The zero-order chi connectivity index (χ0) is 36.7. The van der Waals surface area contributed by atoms with Gasteiger partial charge in [-0.3, -0.25) is 9.59 Å². The SMILES string of the molecule is CC/C=C\[C@H](OCOC)[C@H](OCOC)C(=O)[C@H](C)C(=O)[C@]1(O[Si](CC)(CC)CC)C(=O)O[C@H](Cc2ccccc2)[C@@H]1O[Si](CC)(CC)CC. The number of ether oxygens (including phenoxy) is 5. The third-order valence-corrected chi connectivity index (χ3v) is 19.5. The molecular weight excluding hydrogens is 661 g/mol. The number of allylic oxidation sites excluding steroid dienone is 1. The standard InChI is InChI=1S/C37H62O10Si2/c1-11-18-24-30(43-26-41-9)33(44-27-42-10)32(38)28(8)34(39)37(47-49(15-5,16-6)17-7)35(46-48(12-2,13-3)14-4)31(45-36(37)40)25-29-22-20-19-21-23-29/h18-24,28,30-31,33,35H,11-17,25-27H2,1-10H3/b24-18-/t28-,30-,31+,33-,35-,37+/m0/s1. The van der Waals surface area contributed by atoms with Crippen molar-refractivity contribution in [3.05, 3.63) is 48.0 Å². The Hall–Kier alpha value is -2.04. The van der Waals surface area contributed by atoms with Gasteiger partial charge in [0.15, 0.2) is 28.2 Å². The van der Waals surface area contributed by atoms with Gasteiger partial charge in [0, 0.05) is 20.6 Å². The van der Waals surface area contributed by atoms with E-state index in [1.807, 2.05) is 64.1 Å². The minimum Gasteiger partial charge on any atom is -0.457 e. The minimum absolute atomic E-state index is 0.104. The number of carbonyl (C=O) groups excluding carboxylic acids is 3. The van der Waals surface area contributed by atoms with Crippen LogP contribution in [0.25, 0.3) is 0 Å². The summed E-state index contributed by atoms with van der Waals surface area (Å²) in [5.74, 6) is -3.35. The molecule has 278 valence electrons. The van der Waals surface area contributed by atoms with E-state index in [1.54, 1.807) is 6.08 Å². The van der Waals surface area contributed by atoms with E-state index < -0.39 is 70.1 Å². The molecule has 0 spiro atoms. The Morgan fingerprint density at radius 3 is 1.92 bits per heavy atom. The fourth-order valence-electron chi connectivity index (χ4n) is 6.63. The second kappa shape index (κ2) is 20.7. The van der Waals surface area contributed by atoms with E-state index >= 15 is 4.79 Å². The molecule has 0 unspecified atom stereocenters. The van der Waals surface area contributed by atoms with Crippen LogP contribution in [-0.4, -0.2) is 92.0 Å². The quantitative estimate of drug-likeness (QED) is 0.0343. The predicted molar refractivity (Wildman–Crippen MR) is 195 cm³/mol. The maximum Gasteiger partial charge on any atom is 0.348 e. The Kier molecular flexibility index (Phi) is 18.2. The van der Waals surface area contributed by atoms with Crippen molar-refractivity contribution in [2.24, 2.45) is 5.92 Å². The smallest absolute Gasteiger partial charge is 0.348 e. The Morgan fingerprint density at radius 2 is 1.41 bits per heavy atom. The molecule has 1 heterocycles. The second-order valence-electron chi connectivity index (χ2n) is 12.9. The molecule has 0 amide bonds. The number of hydrogen-bond donors (Lipinski definition) is 0. The molecular formula is C37H62O10Si2. The summed E-state index contributed by atoms with van der Waals surface area (Å²) in [6.45, 7) is 15.6. The summed E-state index contributed by atoms with van der Waals surface area (Å²) >= 11 is 0. The number of cyclic esters (lactones) is 1. The summed E-state index contributed by atoms with van der Waals surface area (Å²) in [6, 6.07) is 14.1. The molecule has 1 saturated heterocycles. The molecule has 12 heteroatoms. The maximum absolute atomic E-state index is 15.3. The van der Waals surface area contributed by atoms with Crippen molar-refractivity contribution in [2.45, 2.75) is 135 Å². The van der Waals surface area contributed by atoms with E-state index in [0.29, 0.717) is 31.0 Å². The number of esters is 1. The number of benzene rings is 1. The lowest BCUT2D eigenvalue weighted by Gasteiger charge is -2.44. The van der Waals surface area contributed by atoms with Crippen LogP contribution in [0.15, 0.2) is 42.5 Å². The summed E-state index contributed by atoms with van der Waals surface area (Å²) in [6.07, 6.45) is 0.670. The van der Waals surface area contributed by atoms with E-state index in [0.717, 1.165) is 23.7 Å². The molecule has 1 aromatic rings. The molecule has 0 bridgehead atoms. The van der Waals surface area contributed by atoms with Crippen molar-refractivity contribution >= 4 is 34.2 Å². The largest absolute Gasteiger partial charge is 0.457 e. The van der Waals surface area contributed by atoms with Crippen LogP contribution in [0.4, 0.5) is 0 Å². The van der Waals surface area contributed by atoms with Crippen molar-refractivity contribution in [2.75, 3.05) is 27.8 Å². The van der Waals surface area contributed by atoms with Gasteiger partial charge in [-0.15, -0.1) is 0 Å². The number of ketones is 2. The lowest BCUT2D eigenvalue weighted by atomic mass is 9.80. The third-order valence-electron chi connectivity index (χ3n) is 10.3. The van der Waals surface area contributed by atoms with Gasteiger partial charge in [-0.2, -0.15) is 0 Å². The van der Waals surface area contributed by atoms with Crippen LogP contribution in [0.3, 0.4) is 0 Å². The summed E-state index contributed by atoms with van der Waals surface area (Å²) in [5.41, 5.74) is -1.19. The Labute approximate surface area is 296 Å². The molecule has 0 aromatic heterocycles. The lowest BCUT2D eigenvalue weighted by molar-refractivity contribution is -0.172. The van der Waals surface area contributed by atoms with E-state index in [9.17, 15) is 9.59 Å². The average Bonchev–Trinajstić information content (AvgIpc) is 3.38. The molecule has 0 N–H and O–H groups in total. The highest BCUT2D eigenvalue weighted by Crippen LogP contribution is 2.44. The van der Waals surface area contributed by atoms with Crippen LogP contribution in [-0.2, 0) is 53.3 Å². The summed E-state index contributed by atoms with van der Waals surface area (Å²) in [5, 5.41) is 0. The Morgan fingerprint density at radius 1 is 0.857 bits per heavy atom. The van der Waals surface area contributed by atoms with E-state index in [4.69, 9.17) is 32.5 Å². The number of carbonyl (C=O) groups is 3. The van der Waals surface area contributed by atoms with Crippen LogP contribution < -0.4 is 0 Å². The fraction of sp³-hybridized carbons (Fsp3) is 0.703. The zero-order valence-corrected chi connectivity index (χ0v) is 33.6. The lowest BCUT2D eigenvalue weighted by Crippen LogP contribution is -2.65. The first-order chi connectivity index (χ1) is 23.5. The second-order valence-corrected chi connectivity index (χ2v) is 22.3. The van der Waals surface area contributed by atoms with Gasteiger partial charge in [-0.25, -0.2) is 4.79 Å². The highest BCUT2D eigenvalue weighted by molar-refractivity contribution is 6.74. The van der Waals surface area contributed by atoms with Crippen molar-refractivity contribution in [1.29, 1.82) is 0 Å². The number of Topliss-reactive ketones (excluding diaryl/α,β-unsaturated/α-hetero) is 2. The number of hydrogen-bond acceptors (Lipinski definition) is 10. The van der Waals surface area contributed by atoms with Crippen LogP contribution in [0.1, 0.15) is 67.4 Å². The molecule has 0 saturated carbocycles. The molecule has 1 aromatic carbocycles. The van der Waals surface area contributed by atoms with Gasteiger partial charge in [-0.05, 0) is 55.2 Å². The maximum atomic E-state index is 15.3.